The lowest BCUT2D eigenvalue weighted by molar-refractivity contribution is -0.130. The molecule has 0 atom stereocenters. The molecule has 0 radical (unpaired) electrons. The van der Waals surface area contributed by atoms with Crippen molar-refractivity contribution in [3.63, 3.8) is 0 Å². The molecule has 2 aliphatic rings. The average Bonchev–Trinajstić information content (AvgIpc) is 2.82. The third kappa shape index (κ3) is 3.32. The second-order valence-electron chi connectivity index (χ2n) is 5.30. The van der Waals surface area contributed by atoms with E-state index in [0.717, 1.165) is 50.8 Å². The van der Waals surface area contributed by atoms with E-state index >= 15 is 0 Å². The highest BCUT2D eigenvalue weighted by molar-refractivity contribution is 5.93. The number of carbonyl (C=O) groups excluding carboxylic acids is 1. The van der Waals surface area contributed by atoms with E-state index in [-0.39, 0.29) is 5.91 Å². The van der Waals surface area contributed by atoms with Gasteiger partial charge in [-0.25, -0.2) is 0 Å². The number of likely N-dealkylation sites (tertiary alicyclic amines) is 1. The fourth-order valence-corrected chi connectivity index (χ4v) is 2.65. The molecule has 3 heteroatoms. The first-order valence-corrected chi connectivity index (χ1v) is 6.80. The van der Waals surface area contributed by atoms with Crippen LogP contribution in [0.5, 0.6) is 0 Å². The molecule has 1 fully saturated rings. The second-order valence-corrected chi connectivity index (χ2v) is 5.30. The van der Waals surface area contributed by atoms with Crippen LogP contribution in [0.15, 0.2) is 11.6 Å². The van der Waals surface area contributed by atoms with Gasteiger partial charge < -0.3 is 9.64 Å². The maximum Gasteiger partial charge on any atom is 0.249 e. The fourth-order valence-electron chi connectivity index (χ4n) is 2.65. The van der Waals surface area contributed by atoms with E-state index in [1.165, 1.54) is 0 Å². The van der Waals surface area contributed by atoms with Gasteiger partial charge in [0.15, 0.2) is 0 Å². The van der Waals surface area contributed by atoms with Crippen LogP contribution in [0.2, 0.25) is 0 Å². The smallest absolute Gasteiger partial charge is 0.249 e. The van der Waals surface area contributed by atoms with Crippen molar-refractivity contribution in [2.45, 2.75) is 58.2 Å². The van der Waals surface area contributed by atoms with Crippen LogP contribution in [0.25, 0.3) is 0 Å². The van der Waals surface area contributed by atoms with Crippen LogP contribution >= 0.6 is 0 Å². The molecule has 0 aromatic carbocycles. The lowest BCUT2D eigenvalue weighted by Gasteiger charge is -2.33. The van der Waals surface area contributed by atoms with E-state index in [2.05, 4.69) is 19.9 Å². The molecular formula is C14H23NO2. The van der Waals surface area contributed by atoms with Crippen molar-refractivity contribution in [2.75, 3.05) is 13.1 Å². The zero-order valence-electron chi connectivity index (χ0n) is 10.9. The van der Waals surface area contributed by atoms with Gasteiger partial charge in [0, 0.05) is 18.7 Å². The summed E-state index contributed by atoms with van der Waals surface area (Å²) >= 11 is 0. The molecule has 1 heterocycles. The molecule has 0 N–H and O–H groups in total. The molecule has 1 amide bonds. The number of carbonyl (C=O) groups is 1. The van der Waals surface area contributed by atoms with Gasteiger partial charge in [-0.2, -0.15) is 0 Å². The zero-order valence-corrected chi connectivity index (χ0v) is 10.9. The van der Waals surface area contributed by atoms with Crippen LogP contribution < -0.4 is 0 Å². The standard InChI is InChI=1S/C14H23NO2/c1-11(2)17-13-7-9-15(10-8-13)14(16)12-5-3-4-6-12/h5,11,13H,3-4,6-10H2,1-2H3. The van der Waals surface area contributed by atoms with Gasteiger partial charge in [-0.05, 0) is 46.0 Å². The Balaban J connectivity index is 1.80. The number of rotatable bonds is 3. The first-order chi connectivity index (χ1) is 8.16. The molecule has 0 spiro atoms. The van der Waals surface area contributed by atoms with E-state index in [9.17, 15) is 4.79 Å². The van der Waals surface area contributed by atoms with Gasteiger partial charge in [-0.3, -0.25) is 4.79 Å². The Kier molecular flexibility index (Phi) is 4.21. The maximum absolute atomic E-state index is 12.1. The van der Waals surface area contributed by atoms with Crippen LogP contribution in [0.4, 0.5) is 0 Å². The largest absolute Gasteiger partial charge is 0.375 e. The molecule has 0 aromatic rings. The van der Waals surface area contributed by atoms with Gasteiger partial charge >= 0.3 is 0 Å². The molecule has 0 saturated carbocycles. The first kappa shape index (κ1) is 12.6. The number of piperidine rings is 1. The molecule has 2 rings (SSSR count). The van der Waals surface area contributed by atoms with Crippen molar-refractivity contribution in [3.05, 3.63) is 11.6 Å². The minimum Gasteiger partial charge on any atom is -0.375 e. The summed E-state index contributed by atoms with van der Waals surface area (Å²) in [5.41, 5.74) is 1.04. The highest BCUT2D eigenvalue weighted by atomic mass is 16.5. The quantitative estimate of drug-likeness (QED) is 0.755. The van der Waals surface area contributed by atoms with Crippen molar-refractivity contribution in [1.29, 1.82) is 0 Å². The van der Waals surface area contributed by atoms with E-state index in [1.54, 1.807) is 0 Å². The van der Waals surface area contributed by atoms with Gasteiger partial charge in [0.1, 0.15) is 0 Å². The van der Waals surface area contributed by atoms with Crippen LogP contribution in [0, 0.1) is 0 Å². The van der Waals surface area contributed by atoms with Gasteiger partial charge in [0.05, 0.1) is 12.2 Å². The van der Waals surface area contributed by atoms with E-state index < -0.39 is 0 Å². The van der Waals surface area contributed by atoms with E-state index in [0.29, 0.717) is 12.2 Å². The number of hydrogen-bond acceptors (Lipinski definition) is 2. The van der Waals surface area contributed by atoms with Gasteiger partial charge in [0.25, 0.3) is 0 Å². The normalized spacial score (nSPS) is 22.1. The van der Waals surface area contributed by atoms with Crippen LogP contribution in [-0.2, 0) is 9.53 Å². The lowest BCUT2D eigenvalue weighted by Crippen LogP contribution is -2.41. The summed E-state index contributed by atoms with van der Waals surface area (Å²) in [7, 11) is 0. The summed E-state index contributed by atoms with van der Waals surface area (Å²) in [6, 6.07) is 0. The summed E-state index contributed by atoms with van der Waals surface area (Å²) in [6.07, 6.45) is 7.91. The number of nitrogens with zero attached hydrogens (tertiary/aromatic N) is 1. The summed E-state index contributed by atoms with van der Waals surface area (Å²) in [5, 5.41) is 0. The summed E-state index contributed by atoms with van der Waals surface area (Å²) in [4.78, 5) is 14.1. The Morgan fingerprint density at radius 2 is 2.12 bits per heavy atom. The van der Waals surface area contributed by atoms with Crippen molar-refractivity contribution in [1.82, 2.24) is 4.90 Å². The number of ether oxygens (including phenoxy) is 1. The van der Waals surface area contributed by atoms with Crippen molar-refractivity contribution >= 4 is 5.91 Å². The van der Waals surface area contributed by atoms with Crippen molar-refractivity contribution in [2.24, 2.45) is 0 Å². The highest BCUT2D eigenvalue weighted by Crippen LogP contribution is 2.22. The third-order valence-corrected chi connectivity index (χ3v) is 3.51. The van der Waals surface area contributed by atoms with Crippen molar-refractivity contribution in [3.8, 4) is 0 Å². The molecule has 0 unspecified atom stereocenters. The van der Waals surface area contributed by atoms with Crippen LogP contribution in [0.3, 0.4) is 0 Å². The average molecular weight is 237 g/mol. The van der Waals surface area contributed by atoms with Gasteiger partial charge in [0.2, 0.25) is 5.91 Å². The van der Waals surface area contributed by atoms with Gasteiger partial charge in [-0.15, -0.1) is 0 Å². The monoisotopic (exact) mass is 237 g/mol. The van der Waals surface area contributed by atoms with E-state index in [4.69, 9.17) is 4.74 Å². The molecular weight excluding hydrogens is 214 g/mol. The minimum atomic E-state index is 0.269. The predicted molar refractivity (Wildman–Crippen MR) is 67.8 cm³/mol. The topological polar surface area (TPSA) is 29.5 Å². The molecule has 17 heavy (non-hydrogen) atoms. The highest BCUT2D eigenvalue weighted by Gasteiger charge is 2.26. The lowest BCUT2D eigenvalue weighted by atomic mass is 10.1. The maximum atomic E-state index is 12.1. The molecule has 3 nitrogen and oxygen atoms in total. The molecule has 1 aliphatic heterocycles. The second kappa shape index (κ2) is 5.67. The Morgan fingerprint density at radius 3 is 2.65 bits per heavy atom. The zero-order chi connectivity index (χ0) is 12.3. The third-order valence-electron chi connectivity index (χ3n) is 3.51. The Bertz CT molecular complexity index is 301. The number of hydrogen-bond donors (Lipinski definition) is 0. The molecule has 0 aromatic heterocycles. The van der Waals surface area contributed by atoms with Gasteiger partial charge in [-0.1, -0.05) is 6.08 Å². The summed E-state index contributed by atoms with van der Waals surface area (Å²) in [5.74, 6) is 0.269. The first-order valence-electron chi connectivity index (χ1n) is 6.80. The van der Waals surface area contributed by atoms with Crippen LogP contribution in [-0.4, -0.2) is 36.1 Å². The Hall–Kier alpha value is -0.830. The Labute approximate surface area is 104 Å². The number of amides is 1. The molecule has 1 saturated heterocycles. The summed E-state index contributed by atoms with van der Waals surface area (Å²) < 4.78 is 5.79. The molecule has 96 valence electrons. The molecule has 0 bridgehead atoms. The molecule has 1 aliphatic carbocycles. The Morgan fingerprint density at radius 1 is 1.41 bits per heavy atom. The number of allylic oxidation sites excluding steroid dienone is 1. The summed E-state index contributed by atoms with van der Waals surface area (Å²) in [6.45, 7) is 5.85. The van der Waals surface area contributed by atoms with E-state index in [1.807, 2.05) is 4.90 Å². The fraction of sp³-hybridized carbons (Fsp3) is 0.786. The minimum absolute atomic E-state index is 0.269. The van der Waals surface area contributed by atoms with Crippen LogP contribution in [0.1, 0.15) is 46.0 Å². The van der Waals surface area contributed by atoms with Crippen molar-refractivity contribution < 1.29 is 9.53 Å². The SMILES string of the molecule is CC(C)OC1CCN(C(=O)C2=CCCC2)CC1. The predicted octanol–water partition coefficient (Wildman–Crippen LogP) is 2.51.